The highest BCUT2D eigenvalue weighted by atomic mass is 79.9. The summed E-state index contributed by atoms with van der Waals surface area (Å²) in [5.41, 5.74) is 2.90. The Labute approximate surface area is 201 Å². The molecule has 1 aliphatic carbocycles. The molecule has 0 radical (unpaired) electrons. The van der Waals surface area contributed by atoms with Crippen molar-refractivity contribution in [3.63, 3.8) is 0 Å². The highest BCUT2D eigenvalue weighted by molar-refractivity contribution is 9.10. The minimum atomic E-state index is -4.95. The molecule has 1 aromatic heterocycles. The van der Waals surface area contributed by atoms with Crippen LogP contribution in [-0.2, 0) is 17.6 Å². The molecule has 4 rings (SSSR count). The summed E-state index contributed by atoms with van der Waals surface area (Å²) in [4.78, 5) is 25.4. The van der Waals surface area contributed by atoms with E-state index in [1.165, 1.54) is 16.8 Å². The van der Waals surface area contributed by atoms with E-state index >= 15 is 0 Å². The van der Waals surface area contributed by atoms with Crippen molar-refractivity contribution in [3.8, 4) is 17.0 Å². The lowest BCUT2D eigenvalue weighted by atomic mass is 9.93. The number of carbonyl (C=O) groups is 2. The van der Waals surface area contributed by atoms with Crippen LogP contribution in [0.5, 0.6) is 5.75 Å². The second kappa shape index (κ2) is 9.61. The van der Waals surface area contributed by atoms with Gasteiger partial charge in [0.1, 0.15) is 5.75 Å². The van der Waals surface area contributed by atoms with E-state index in [4.69, 9.17) is 4.74 Å². The first kappa shape index (κ1) is 24.0. The summed E-state index contributed by atoms with van der Waals surface area (Å²) in [7, 11) is 0. The second-order valence-corrected chi connectivity index (χ2v) is 8.51. The van der Waals surface area contributed by atoms with Crippen molar-refractivity contribution < 1.29 is 32.2 Å². The van der Waals surface area contributed by atoms with Gasteiger partial charge in [0.15, 0.2) is 0 Å². The number of aromatic nitrogens is 2. The topological polar surface area (TPSA) is 70.4 Å². The third-order valence-electron chi connectivity index (χ3n) is 5.46. The Kier molecular flexibility index (Phi) is 6.79. The lowest BCUT2D eigenvalue weighted by Crippen LogP contribution is -2.23. The van der Waals surface area contributed by atoms with Crippen LogP contribution in [0.15, 0.2) is 46.9 Å². The number of carbonyl (C=O) groups excluding carboxylic acids is 2. The third-order valence-corrected chi connectivity index (χ3v) is 6.12. The number of halogens is 4. The minimum absolute atomic E-state index is 0.166. The number of benzene rings is 2. The van der Waals surface area contributed by atoms with E-state index in [0.29, 0.717) is 35.4 Å². The molecule has 0 unspecified atom stereocenters. The van der Waals surface area contributed by atoms with Crippen molar-refractivity contribution in [2.75, 3.05) is 6.61 Å². The van der Waals surface area contributed by atoms with Gasteiger partial charge >= 0.3 is 12.3 Å². The van der Waals surface area contributed by atoms with Gasteiger partial charge in [0.05, 0.1) is 29.1 Å². The number of fused-ring (bicyclic) bond motifs is 1. The molecule has 0 saturated carbocycles. The first-order valence-electron chi connectivity index (χ1n) is 10.7. The van der Waals surface area contributed by atoms with Gasteiger partial charge in [0.25, 0.3) is 5.91 Å². The van der Waals surface area contributed by atoms with E-state index in [9.17, 15) is 22.8 Å². The number of ether oxygens (including phenoxy) is 2. The van der Waals surface area contributed by atoms with Gasteiger partial charge in [-0.2, -0.15) is 9.78 Å². The van der Waals surface area contributed by atoms with Gasteiger partial charge < -0.3 is 9.47 Å². The summed E-state index contributed by atoms with van der Waals surface area (Å²) in [5.74, 6) is -1.77. The molecule has 0 fully saturated rings. The Morgan fingerprint density at radius 1 is 1.09 bits per heavy atom. The number of nitrogens with zero attached hydrogens (tertiary/aromatic N) is 2. The SMILES string of the molecule is CCOC(=O)c1ccc(-c2nn(C(=O)c3c(Br)cccc3OC(F)(F)F)c3c2CCCC3)cc1. The van der Waals surface area contributed by atoms with Crippen molar-refractivity contribution in [1.29, 1.82) is 0 Å². The van der Waals surface area contributed by atoms with Gasteiger partial charge in [-0.3, -0.25) is 4.79 Å². The fourth-order valence-electron chi connectivity index (χ4n) is 4.01. The fourth-order valence-corrected chi connectivity index (χ4v) is 4.52. The van der Waals surface area contributed by atoms with Crippen molar-refractivity contribution >= 4 is 27.8 Å². The average molecular weight is 537 g/mol. The lowest BCUT2D eigenvalue weighted by molar-refractivity contribution is -0.274. The molecule has 34 heavy (non-hydrogen) atoms. The van der Waals surface area contributed by atoms with Crippen molar-refractivity contribution in [3.05, 3.63) is 69.3 Å². The molecular formula is C24H20BrF3N2O4. The molecule has 0 saturated heterocycles. The summed E-state index contributed by atoms with van der Waals surface area (Å²) in [6, 6.07) is 10.6. The first-order chi connectivity index (χ1) is 16.2. The van der Waals surface area contributed by atoms with Crippen molar-refractivity contribution in [1.82, 2.24) is 9.78 Å². The largest absolute Gasteiger partial charge is 0.573 e. The Bertz CT molecular complexity index is 1240. The van der Waals surface area contributed by atoms with Crippen LogP contribution < -0.4 is 4.74 Å². The van der Waals surface area contributed by atoms with Crippen molar-refractivity contribution in [2.45, 2.75) is 39.0 Å². The Hall–Kier alpha value is -3.14. The number of hydrogen-bond acceptors (Lipinski definition) is 5. The average Bonchev–Trinajstić information content (AvgIpc) is 3.18. The standard InChI is InChI=1S/C24H20BrF3N2O4/c1-2-33-23(32)15-12-10-14(11-13-15)21-16-6-3-4-8-18(16)30(29-21)22(31)20-17(25)7-5-9-19(20)34-24(26,27)28/h5,7,9-13H,2-4,6,8H2,1H3. The molecule has 3 aromatic rings. The van der Waals surface area contributed by atoms with E-state index < -0.39 is 24.0 Å². The van der Waals surface area contributed by atoms with Crippen LogP contribution in [0.3, 0.4) is 0 Å². The zero-order chi connectivity index (χ0) is 24.5. The fraction of sp³-hybridized carbons (Fsp3) is 0.292. The molecule has 1 heterocycles. The van der Waals surface area contributed by atoms with Crippen LogP contribution in [-0.4, -0.2) is 34.6 Å². The molecule has 0 bridgehead atoms. The van der Waals surface area contributed by atoms with E-state index in [-0.39, 0.29) is 16.6 Å². The highest BCUT2D eigenvalue weighted by Gasteiger charge is 2.35. The molecule has 1 aliphatic rings. The maximum absolute atomic E-state index is 13.5. The van der Waals surface area contributed by atoms with Crippen LogP contribution in [0.1, 0.15) is 51.7 Å². The Morgan fingerprint density at radius 2 is 1.79 bits per heavy atom. The molecule has 6 nitrogen and oxygen atoms in total. The van der Waals surface area contributed by atoms with E-state index in [0.717, 1.165) is 24.5 Å². The van der Waals surface area contributed by atoms with Crippen LogP contribution >= 0.6 is 15.9 Å². The molecule has 0 N–H and O–H groups in total. The van der Waals surface area contributed by atoms with Crippen LogP contribution in [0, 0.1) is 0 Å². The van der Waals surface area contributed by atoms with E-state index in [2.05, 4.69) is 25.8 Å². The lowest BCUT2D eigenvalue weighted by Gasteiger charge is -2.16. The van der Waals surface area contributed by atoms with Gasteiger partial charge in [-0.15, -0.1) is 13.2 Å². The quantitative estimate of drug-likeness (QED) is 0.376. The smallest absolute Gasteiger partial charge is 0.462 e. The Morgan fingerprint density at radius 3 is 2.47 bits per heavy atom. The Balaban J connectivity index is 1.77. The van der Waals surface area contributed by atoms with Gasteiger partial charge in [0, 0.05) is 15.6 Å². The summed E-state index contributed by atoms with van der Waals surface area (Å²) >= 11 is 3.18. The second-order valence-electron chi connectivity index (χ2n) is 7.66. The summed E-state index contributed by atoms with van der Waals surface area (Å²) in [6.45, 7) is 1.98. The number of alkyl halides is 3. The van der Waals surface area contributed by atoms with Crippen LogP contribution in [0.2, 0.25) is 0 Å². The highest BCUT2D eigenvalue weighted by Crippen LogP contribution is 2.35. The predicted molar refractivity (Wildman–Crippen MR) is 121 cm³/mol. The molecule has 2 aromatic carbocycles. The van der Waals surface area contributed by atoms with E-state index in [1.807, 2.05) is 0 Å². The summed E-state index contributed by atoms with van der Waals surface area (Å²) < 4.78 is 49.3. The molecular weight excluding hydrogens is 517 g/mol. The zero-order valence-corrected chi connectivity index (χ0v) is 19.7. The molecule has 178 valence electrons. The molecule has 10 heteroatoms. The van der Waals surface area contributed by atoms with Crippen molar-refractivity contribution in [2.24, 2.45) is 0 Å². The number of hydrogen-bond donors (Lipinski definition) is 0. The molecule has 0 amide bonds. The first-order valence-corrected chi connectivity index (χ1v) is 11.5. The third kappa shape index (κ3) is 4.86. The summed E-state index contributed by atoms with van der Waals surface area (Å²) in [5, 5.41) is 4.52. The molecule has 0 aliphatic heterocycles. The molecule has 0 spiro atoms. The van der Waals surface area contributed by atoms with Gasteiger partial charge in [-0.25, -0.2) is 4.79 Å². The van der Waals surface area contributed by atoms with E-state index in [1.54, 1.807) is 31.2 Å². The summed E-state index contributed by atoms with van der Waals surface area (Å²) in [6.07, 6.45) is -1.98. The van der Waals surface area contributed by atoms with Crippen LogP contribution in [0.4, 0.5) is 13.2 Å². The maximum atomic E-state index is 13.5. The zero-order valence-electron chi connectivity index (χ0n) is 18.1. The number of esters is 1. The predicted octanol–water partition coefficient (Wildman–Crippen LogP) is 5.96. The number of rotatable bonds is 5. The normalized spacial score (nSPS) is 13.3. The van der Waals surface area contributed by atoms with Gasteiger partial charge in [0.2, 0.25) is 0 Å². The minimum Gasteiger partial charge on any atom is -0.462 e. The molecule has 0 atom stereocenters. The van der Waals surface area contributed by atoms with Gasteiger partial charge in [-0.1, -0.05) is 18.2 Å². The monoisotopic (exact) mass is 536 g/mol. The van der Waals surface area contributed by atoms with Gasteiger partial charge in [-0.05, 0) is 72.8 Å². The maximum Gasteiger partial charge on any atom is 0.573 e. The van der Waals surface area contributed by atoms with Crippen LogP contribution in [0.25, 0.3) is 11.3 Å².